The summed E-state index contributed by atoms with van der Waals surface area (Å²) in [7, 11) is 1.71. The molecule has 0 fully saturated rings. The summed E-state index contributed by atoms with van der Waals surface area (Å²) in [5.41, 5.74) is 3.90. The fraction of sp³-hybridized carbons (Fsp3) is 0.273. The van der Waals surface area contributed by atoms with E-state index in [1.54, 1.807) is 13.3 Å². The van der Waals surface area contributed by atoms with Gasteiger partial charge in [-0.2, -0.15) is 0 Å². The van der Waals surface area contributed by atoms with Crippen molar-refractivity contribution in [2.45, 2.75) is 20.0 Å². The minimum Gasteiger partial charge on any atom is -0.486 e. The Morgan fingerprint density at radius 1 is 1.10 bits per heavy atom. The van der Waals surface area contributed by atoms with Crippen LogP contribution in [0.5, 0.6) is 11.5 Å². The molecule has 2 N–H and O–H groups in total. The van der Waals surface area contributed by atoms with Crippen LogP contribution in [0, 0.1) is 6.92 Å². The highest BCUT2D eigenvalue weighted by Gasteiger charge is 2.16. The molecule has 2 heterocycles. The van der Waals surface area contributed by atoms with E-state index in [4.69, 9.17) is 25.5 Å². The lowest BCUT2D eigenvalue weighted by Gasteiger charge is -2.20. The summed E-state index contributed by atoms with van der Waals surface area (Å²) in [5.74, 6) is 2.51. The number of aliphatic imine (C=N–C) groups is 1. The molecule has 0 spiro atoms. The summed E-state index contributed by atoms with van der Waals surface area (Å²) < 4.78 is 16.8. The summed E-state index contributed by atoms with van der Waals surface area (Å²) in [5, 5.41) is 7.03. The molecule has 9 heteroatoms. The molecule has 1 aliphatic rings. The van der Waals surface area contributed by atoms with Gasteiger partial charge in [0, 0.05) is 19.2 Å². The molecular formula is C22H24ClIN4O3. The number of nitrogens with zero attached hydrogens (tertiary/aromatic N) is 2. The number of halogens is 2. The van der Waals surface area contributed by atoms with Crippen LogP contribution >= 0.6 is 35.6 Å². The Morgan fingerprint density at radius 2 is 1.84 bits per heavy atom. The number of rotatable bonds is 5. The van der Waals surface area contributed by atoms with Gasteiger partial charge in [0.1, 0.15) is 19.5 Å². The fourth-order valence-corrected chi connectivity index (χ4v) is 3.35. The molecule has 0 bridgehead atoms. The predicted octanol–water partition coefficient (Wildman–Crippen LogP) is 4.56. The summed E-state index contributed by atoms with van der Waals surface area (Å²) >= 11 is 6.30. The first-order valence-corrected chi connectivity index (χ1v) is 10.0. The number of ether oxygens (including phenoxy) is 2. The van der Waals surface area contributed by atoms with Gasteiger partial charge in [-0.15, -0.1) is 24.0 Å². The normalized spacial score (nSPS) is 12.8. The van der Waals surface area contributed by atoms with E-state index in [0.29, 0.717) is 54.7 Å². The number of guanidine groups is 1. The molecule has 4 rings (SSSR count). The summed E-state index contributed by atoms with van der Waals surface area (Å²) in [6, 6.07) is 11.8. The SMILES string of the molecule is CN=C(NCc1cc(Cl)c2c(c1)OCCO2)NCc1coc(-c2ccc(C)cc2)n1.I. The number of hydrogen-bond acceptors (Lipinski definition) is 5. The Bertz CT molecular complexity index is 1050. The fourth-order valence-electron chi connectivity index (χ4n) is 3.06. The zero-order valence-electron chi connectivity index (χ0n) is 17.3. The third-order valence-electron chi connectivity index (χ3n) is 4.63. The molecule has 0 unspecified atom stereocenters. The second-order valence-corrected chi connectivity index (χ2v) is 7.30. The minimum atomic E-state index is 0. The van der Waals surface area contributed by atoms with E-state index in [0.717, 1.165) is 16.8 Å². The van der Waals surface area contributed by atoms with Crippen LogP contribution in [-0.4, -0.2) is 31.2 Å². The highest BCUT2D eigenvalue weighted by Crippen LogP contribution is 2.38. The number of aryl methyl sites for hydroxylation is 1. The third kappa shape index (κ3) is 5.82. The molecule has 1 aromatic heterocycles. The van der Waals surface area contributed by atoms with Crippen molar-refractivity contribution in [3.05, 3.63) is 64.5 Å². The molecule has 31 heavy (non-hydrogen) atoms. The van der Waals surface area contributed by atoms with E-state index >= 15 is 0 Å². The number of nitrogens with one attached hydrogen (secondary N) is 2. The summed E-state index contributed by atoms with van der Waals surface area (Å²) in [6.45, 7) is 4.09. The van der Waals surface area contributed by atoms with Crippen LogP contribution in [-0.2, 0) is 13.1 Å². The van der Waals surface area contributed by atoms with Gasteiger partial charge in [0.2, 0.25) is 5.89 Å². The van der Waals surface area contributed by atoms with Crippen molar-refractivity contribution < 1.29 is 13.9 Å². The quantitative estimate of drug-likeness (QED) is 0.274. The van der Waals surface area contributed by atoms with Crippen LogP contribution in [0.4, 0.5) is 0 Å². The molecule has 0 radical (unpaired) electrons. The second-order valence-electron chi connectivity index (χ2n) is 6.89. The van der Waals surface area contributed by atoms with Gasteiger partial charge in [-0.25, -0.2) is 4.98 Å². The predicted molar refractivity (Wildman–Crippen MR) is 132 cm³/mol. The molecule has 0 saturated heterocycles. The third-order valence-corrected chi connectivity index (χ3v) is 4.91. The van der Waals surface area contributed by atoms with E-state index < -0.39 is 0 Å². The van der Waals surface area contributed by atoms with Crippen LogP contribution in [0.3, 0.4) is 0 Å². The van der Waals surface area contributed by atoms with E-state index in [1.807, 2.05) is 43.3 Å². The first kappa shape index (κ1) is 23.2. The van der Waals surface area contributed by atoms with Crippen molar-refractivity contribution >= 4 is 41.5 Å². The van der Waals surface area contributed by atoms with Crippen molar-refractivity contribution in [3.63, 3.8) is 0 Å². The largest absolute Gasteiger partial charge is 0.486 e. The van der Waals surface area contributed by atoms with Gasteiger partial charge in [0.05, 0.1) is 17.3 Å². The number of hydrogen-bond donors (Lipinski definition) is 2. The zero-order valence-corrected chi connectivity index (χ0v) is 20.4. The molecule has 0 amide bonds. The monoisotopic (exact) mass is 554 g/mol. The van der Waals surface area contributed by atoms with Crippen molar-refractivity contribution in [1.29, 1.82) is 0 Å². The highest BCUT2D eigenvalue weighted by molar-refractivity contribution is 14.0. The number of aromatic nitrogens is 1. The Labute approximate surface area is 203 Å². The minimum absolute atomic E-state index is 0. The van der Waals surface area contributed by atoms with Gasteiger partial charge in [0.25, 0.3) is 0 Å². The number of fused-ring (bicyclic) bond motifs is 1. The van der Waals surface area contributed by atoms with E-state index in [9.17, 15) is 0 Å². The lowest BCUT2D eigenvalue weighted by Crippen LogP contribution is -2.36. The van der Waals surface area contributed by atoms with Crippen LogP contribution in [0.1, 0.15) is 16.8 Å². The highest BCUT2D eigenvalue weighted by atomic mass is 127. The Hall–Kier alpha value is -2.46. The molecule has 1 aliphatic heterocycles. The van der Waals surface area contributed by atoms with E-state index in [1.165, 1.54) is 5.56 Å². The molecule has 0 saturated carbocycles. The topological polar surface area (TPSA) is 80.9 Å². The lowest BCUT2D eigenvalue weighted by molar-refractivity contribution is 0.171. The molecule has 2 aromatic carbocycles. The van der Waals surface area contributed by atoms with Gasteiger partial charge in [-0.1, -0.05) is 29.3 Å². The molecular weight excluding hydrogens is 531 g/mol. The standard InChI is InChI=1S/C22H23ClN4O3.HI/c1-14-3-5-16(6-4-14)21-27-17(13-30-21)12-26-22(24-2)25-11-15-9-18(23)20-19(10-15)28-7-8-29-20;/h3-6,9-10,13H,7-8,11-12H2,1-2H3,(H2,24,25,26);1H. The Morgan fingerprint density at radius 3 is 2.61 bits per heavy atom. The smallest absolute Gasteiger partial charge is 0.226 e. The average molecular weight is 555 g/mol. The molecule has 7 nitrogen and oxygen atoms in total. The van der Waals surface area contributed by atoms with Gasteiger partial charge < -0.3 is 24.5 Å². The maximum atomic E-state index is 6.30. The van der Waals surface area contributed by atoms with Gasteiger partial charge in [-0.05, 0) is 36.8 Å². The Balaban J connectivity index is 0.00000272. The molecule has 0 atom stereocenters. The van der Waals surface area contributed by atoms with Crippen molar-refractivity contribution in [2.75, 3.05) is 20.3 Å². The van der Waals surface area contributed by atoms with Gasteiger partial charge in [-0.3, -0.25) is 4.99 Å². The molecule has 0 aliphatic carbocycles. The van der Waals surface area contributed by atoms with Crippen molar-refractivity contribution in [3.8, 4) is 23.0 Å². The van der Waals surface area contributed by atoms with Crippen molar-refractivity contribution in [2.24, 2.45) is 4.99 Å². The van der Waals surface area contributed by atoms with Gasteiger partial charge in [0.15, 0.2) is 17.5 Å². The first-order valence-electron chi connectivity index (χ1n) is 9.66. The number of benzene rings is 2. The molecule has 3 aromatic rings. The number of oxazole rings is 1. The van der Waals surface area contributed by atoms with Crippen LogP contribution in [0.2, 0.25) is 5.02 Å². The lowest BCUT2D eigenvalue weighted by atomic mass is 10.1. The van der Waals surface area contributed by atoms with Crippen molar-refractivity contribution in [1.82, 2.24) is 15.6 Å². The summed E-state index contributed by atoms with van der Waals surface area (Å²) in [4.78, 5) is 8.78. The first-order chi connectivity index (χ1) is 14.6. The summed E-state index contributed by atoms with van der Waals surface area (Å²) in [6.07, 6.45) is 1.65. The maximum Gasteiger partial charge on any atom is 0.226 e. The molecule has 164 valence electrons. The van der Waals surface area contributed by atoms with Crippen LogP contribution in [0.25, 0.3) is 11.5 Å². The second kappa shape index (κ2) is 10.7. The maximum absolute atomic E-state index is 6.30. The zero-order chi connectivity index (χ0) is 20.9. The van der Waals surface area contributed by atoms with Crippen LogP contribution < -0.4 is 20.1 Å². The van der Waals surface area contributed by atoms with Crippen LogP contribution in [0.15, 0.2) is 52.1 Å². The van der Waals surface area contributed by atoms with E-state index in [2.05, 4.69) is 20.6 Å². The average Bonchev–Trinajstić information content (AvgIpc) is 3.23. The van der Waals surface area contributed by atoms with E-state index in [-0.39, 0.29) is 24.0 Å². The Kier molecular flexibility index (Phi) is 8.03. The van der Waals surface area contributed by atoms with Gasteiger partial charge >= 0.3 is 0 Å².